The van der Waals surface area contributed by atoms with E-state index < -0.39 is 23.9 Å². The average Bonchev–Trinajstić information content (AvgIpc) is 2.38. The monoisotopic (exact) mass is 272 g/mol. The molecular formula is C12H20N2O5. The second-order valence-corrected chi connectivity index (χ2v) is 4.12. The lowest BCUT2D eigenvalue weighted by Gasteiger charge is -2.05. The van der Waals surface area contributed by atoms with Crippen LogP contribution in [0.25, 0.3) is 0 Å². The zero-order chi connectivity index (χ0) is 14.8. The average molecular weight is 272 g/mol. The Morgan fingerprint density at radius 3 is 2.16 bits per heavy atom. The Labute approximate surface area is 111 Å². The van der Waals surface area contributed by atoms with E-state index in [9.17, 15) is 10.1 Å². The van der Waals surface area contributed by atoms with E-state index in [0.29, 0.717) is 0 Å². The molecule has 0 aromatic heterocycles. The van der Waals surface area contributed by atoms with Gasteiger partial charge in [0.2, 0.25) is 0 Å². The summed E-state index contributed by atoms with van der Waals surface area (Å²) in [7, 11) is 0. The van der Waals surface area contributed by atoms with Crippen LogP contribution in [0, 0.1) is 10.1 Å². The molecule has 108 valence electrons. The molecule has 0 aliphatic carbocycles. The van der Waals surface area contributed by atoms with E-state index in [1.807, 2.05) is 25.1 Å². The molecule has 7 heteroatoms. The maximum Gasteiger partial charge on any atom is 0.341 e. The quantitative estimate of drug-likeness (QED) is 0.325. The minimum atomic E-state index is -2.09. The van der Waals surface area contributed by atoms with E-state index >= 15 is 0 Å². The molecule has 0 saturated heterocycles. The summed E-state index contributed by atoms with van der Waals surface area (Å²) in [5.41, 5.74) is 6.94. The first-order valence-corrected chi connectivity index (χ1v) is 5.78. The minimum absolute atomic E-state index is 0.266. The van der Waals surface area contributed by atoms with Crippen LogP contribution in [0.2, 0.25) is 0 Å². The summed E-state index contributed by atoms with van der Waals surface area (Å²) in [5.74, 6) is 0. The fraction of sp³-hybridized carbons (Fsp3) is 0.500. The van der Waals surface area contributed by atoms with Gasteiger partial charge in [0.05, 0.1) is 11.5 Å². The minimum Gasteiger partial charge on any atom is -0.393 e. The fourth-order valence-electron chi connectivity index (χ4n) is 1.22. The molecule has 0 heterocycles. The van der Waals surface area contributed by atoms with Gasteiger partial charge in [-0.2, -0.15) is 0 Å². The molecule has 19 heavy (non-hydrogen) atoms. The van der Waals surface area contributed by atoms with Crippen LogP contribution in [0.3, 0.4) is 0 Å². The fourth-order valence-corrected chi connectivity index (χ4v) is 1.22. The molecule has 0 saturated carbocycles. The van der Waals surface area contributed by atoms with Crippen LogP contribution >= 0.6 is 0 Å². The second kappa shape index (κ2) is 9.40. The second-order valence-electron chi connectivity index (χ2n) is 4.12. The van der Waals surface area contributed by atoms with Crippen LogP contribution in [0.1, 0.15) is 12.5 Å². The van der Waals surface area contributed by atoms with Crippen LogP contribution in [-0.4, -0.2) is 45.2 Å². The number of rotatable bonds is 5. The first-order valence-electron chi connectivity index (χ1n) is 5.78. The maximum atomic E-state index is 9.58. The van der Waals surface area contributed by atoms with Crippen molar-refractivity contribution in [3.63, 3.8) is 0 Å². The van der Waals surface area contributed by atoms with Gasteiger partial charge in [-0.05, 0) is 18.9 Å². The molecule has 5 N–H and O–H groups in total. The lowest BCUT2D eigenvalue weighted by molar-refractivity contribution is -0.583. The summed E-state index contributed by atoms with van der Waals surface area (Å²) in [4.78, 5) is 8.50. The van der Waals surface area contributed by atoms with Gasteiger partial charge in [0.25, 0.3) is 0 Å². The van der Waals surface area contributed by atoms with Crippen LogP contribution in [0.5, 0.6) is 0 Å². The predicted octanol–water partition coefficient (Wildman–Crippen LogP) is -0.489. The molecule has 0 amide bonds. The summed E-state index contributed by atoms with van der Waals surface area (Å²) in [6.07, 6.45) is -2.81. The number of nitro groups is 1. The summed E-state index contributed by atoms with van der Waals surface area (Å²) in [5, 5.41) is 34.3. The molecule has 3 atom stereocenters. The third-order valence-electron chi connectivity index (χ3n) is 2.15. The molecule has 0 fully saturated rings. The molecule has 0 aliphatic rings. The molecule has 3 unspecified atom stereocenters. The Hall–Kier alpha value is -1.54. The lowest BCUT2D eigenvalue weighted by Crippen LogP contribution is -2.35. The van der Waals surface area contributed by atoms with Crippen molar-refractivity contribution in [3.8, 4) is 0 Å². The molecule has 1 rings (SSSR count). The first-order chi connectivity index (χ1) is 8.88. The third-order valence-corrected chi connectivity index (χ3v) is 2.15. The molecule has 0 aliphatic heterocycles. The Bertz CT molecular complexity index is 358. The van der Waals surface area contributed by atoms with Crippen molar-refractivity contribution in [2.45, 2.75) is 31.7 Å². The Kier molecular flexibility index (Phi) is 8.64. The summed E-state index contributed by atoms with van der Waals surface area (Å²) in [6, 6.07) is 10.6. The van der Waals surface area contributed by atoms with Crippen molar-refractivity contribution >= 4 is 0 Å². The molecule has 0 spiro atoms. The summed E-state index contributed by atoms with van der Waals surface area (Å²) < 4.78 is 0. The van der Waals surface area contributed by atoms with Crippen molar-refractivity contribution in [1.82, 2.24) is 0 Å². The zero-order valence-corrected chi connectivity index (χ0v) is 10.7. The van der Waals surface area contributed by atoms with E-state index in [1.54, 1.807) is 0 Å². The van der Waals surface area contributed by atoms with Gasteiger partial charge in [-0.25, -0.2) is 0 Å². The van der Waals surface area contributed by atoms with E-state index in [4.69, 9.17) is 21.1 Å². The van der Waals surface area contributed by atoms with Crippen LogP contribution in [0.4, 0.5) is 0 Å². The molecule has 7 nitrogen and oxygen atoms in total. The van der Waals surface area contributed by atoms with Crippen molar-refractivity contribution in [2.24, 2.45) is 5.73 Å². The topological polar surface area (TPSA) is 130 Å². The molecule has 1 aromatic rings. The zero-order valence-electron chi connectivity index (χ0n) is 10.7. The van der Waals surface area contributed by atoms with E-state index in [0.717, 1.165) is 6.42 Å². The molecular weight excluding hydrogens is 252 g/mol. The van der Waals surface area contributed by atoms with Crippen LogP contribution in [-0.2, 0) is 6.42 Å². The highest BCUT2D eigenvalue weighted by molar-refractivity contribution is 5.15. The van der Waals surface area contributed by atoms with Gasteiger partial charge >= 0.3 is 6.23 Å². The van der Waals surface area contributed by atoms with E-state index in [2.05, 4.69) is 12.1 Å². The van der Waals surface area contributed by atoms with Gasteiger partial charge in [0.15, 0.2) is 6.10 Å². The highest BCUT2D eigenvalue weighted by atomic mass is 16.7. The van der Waals surface area contributed by atoms with Crippen LogP contribution < -0.4 is 5.73 Å². The van der Waals surface area contributed by atoms with Crippen molar-refractivity contribution < 1.29 is 20.2 Å². The van der Waals surface area contributed by atoms with Gasteiger partial charge < -0.3 is 21.1 Å². The van der Waals surface area contributed by atoms with Crippen molar-refractivity contribution in [1.29, 1.82) is 0 Å². The maximum absolute atomic E-state index is 9.58. The van der Waals surface area contributed by atoms with Gasteiger partial charge in [-0.15, -0.1) is 0 Å². The predicted molar refractivity (Wildman–Crippen MR) is 69.9 cm³/mol. The van der Waals surface area contributed by atoms with Gasteiger partial charge in [0.1, 0.15) is 0 Å². The normalized spacial score (nSPS) is 14.8. The number of aliphatic hydroxyl groups excluding tert-OH is 3. The molecule has 0 bridgehead atoms. The SMILES string of the molecule is CC(N)Cc1ccccc1.O=[N+]([O-])C(O)C(O)CO. The molecule has 1 aromatic carbocycles. The standard InChI is InChI=1S/C9H13N.C3H7NO5/c1-8(10)7-9-5-3-2-4-6-9;5-1-2(6)3(7)4(8)9/h2-6,8H,7,10H2,1H3;2-3,5-7H,1H2. The number of aliphatic hydroxyl groups is 3. The van der Waals surface area contributed by atoms with Gasteiger partial charge in [-0.1, -0.05) is 30.3 Å². The highest BCUT2D eigenvalue weighted by Crippen LogP contribution is 2.00. The van der Waals surface area contributed by atoms with Crippen molar-refractivity contribution in [2.75, 3.05) is 6.61 Å². The smallest absolute Gasteiger partial charge is 0.341 e. The van der Waals surface area contributed by atoms with E-state index in [-0.39, 0.29) is 6.04 Å². The number of hydrogen-bond acceptors (Lipinski definition) is 6. The Morgan fingerprint density at radius 2 is 1.84 bits per heavy atom. The van der Waals surface area contributed by atoms with Crippen molar-refractivity contribution in [3.05, 3.63) is 46.0 Å². The lowest BCUT2D eigenvalue weighted by atomic mass is 10.1. The highest BCUT2D eigenvalue weighted by Gasteiger charge is 2.25. The van der Waals surface area contributed by atoms with E-state index in [1.165, 1.54) is 5.56 Å². The molecule has 0 radical (unpaired) electrons. The third kappa shape index (κ3) is 8.22. The van der Waals surface area contributed by atoms with Crippen LogP contribution in [0.15, 0.2) is 30.3 Å². The van der Waals surface area contributed by atoms with Gasteiger partial charge in [-0.3, -0.25) is 10.1 Å². The Morgan fingerprint density at radius 1 is 1.32 bits per heavy atom. The number of nitrogens with two attached hydrogens (primary N) is 1. The van der Waals surface area contributed by atoms with Gasteiger partial charge in [0, 0.05) is 6.04 Å². The number of hydrogen-bond donors (Lipinski definition) is 4. The largest absolute Gasteiger partial charge is 0.393 e. The summed E-state index contributed by atoms with van der Waals surface area (Å²) >= 11 is 0. The summed E-state index contributed by atoms with van der Waals surface area (Å²) in [6.45, 7) is 1.20. The number of benzene rings is 1. The first kappa shape index (κ1) is 17.5. The Balaban J connectivity index is 0.000000344. The number of nitrogens with zero attached hydrogens (tertiary/aromatic N) is 1.